The first-order valence-corrected chi connectivity index (χ1v) is 5.12. The first kappa shape index (κ1) is 10.1. The highest BCUT2D eigenvalue weighted by Crippen LogP contribution is 2.15. The molecular formula is C12H11ClNO+. The number of carbonyl (C=O) groups excluding carboxylic acids is 1. The number of hydrogen-bond acceptors (Lipinski definition) is 1. The van der Waals surface area contributed by atoms with Crippen LogP contribution in [-0.4, -0.2) is 5.78 Å². The minimum Gasteiger partial charge on any atom is -0.293 e. The summed E-state index contributed by atoms with van der Waals surface area (Å²) >= 11 is 5.90. The largest absolute Gasteiger partial charge is 0.293 e. The molecule has 0 saturated heterocycles. The lowest BCUT2D eigenvalue weighted by Gasteiger charge is -1.99. The number of hydrogen-bond donors (Lipinski definition) is 0. The van der Waals surface area contributed by atoms with E-state index in [1.165, 1.54) is 0 Å². The van der Waals surface area contributed by atoms with Crippen LogP contribution in [0.3, 0.4) is 0 Å². The SMILES string of the molecule is CC(=O)C[n+]1cccc2cc(Cl)ccc21. The smallest absolute Gasteiger partial charge is 0.212 e. The lowest BCUT2D eigenvalue weighted by Crippen LogP contribution is -2.37. The van der Waals surface area contributed by atoms with Crippen LogP contribution >= 0.6 is 11.6 Å². The van der Waals surface area contributed by atoms with E-state index in [0.29, 0.717) is 11.6 Å². The quantitative estimate of drug-likeness (QED) is 0.712. The Balaban J connectivity index is 2.60. The van der Waals surface area contributed by atoms with Gasteiger partial charge in [-0.15, -0.1) is 0 Å². The standard InChI is InChI=1S/C12H11ClNO/c1-9(15)8-14-6-2-3-10-7-11(13)4-5-12(10)14/h2-7H,8H2,1H3/q+1. The Morgan fingerprint density at radius 3 is 2.93 bits per heavy atom. The third kappa shape index (κ3) is 2.16. The molecule has 0 atom stereocenters. The van der Waals surface area contributed by atoms with Gasteiger partial charge in [-0.3, -0.25) is 4.79 Å². The molecule has 3 heteroatoms. The van der Waals surface area contributed by atoms with Crippen LogP contribution < -0.4 is 4.57 Å². The Morgan fingerprint density at radius 2 is 2.20 bits per heavy atom. The van der Waals surface area contributed by atoms with Crippen LogP contribution in [0.25, 0.3) is 10.9 Å². The van der Waals surface area contributed by atoms with Gasteiger partial charge in [0, 0.05) is 29.5 Å². The molecule has 0 spiro atoms. The van der Waals surface area contributed by atoms with Crippen molar-refractivity contribution in [3.63, 3.8) is 0 Å². The predicted molar refractivity (Wildman–Crippen MR) is 59.8 cm³/mol. The highest BCUT2D eigenvalue weighted by atomic mass is 35.5. The summed E-state index contributed by atoms with van der Waals surface area (Å²) in [5.41, 5.74) is 1.03. The van der Waals surface area contributed by atoms with Gasteiger partial charge in [-0.1, -0.05) is 11.6 Å². The Bertz CT molecular complexity index is 522. The lowest BCUT2D eigenvalue weighted by molar-refractivity contribution is -0.658. The fourth-order valence-electron chi connectivity index (χ4n) is 1.63. The number of carbonyl (C=O) groups is 1. The number of halogens is 1. The summed E-state index contributed by atoms with van der Waals surface area (Å²) in [4.78, 5) is 11.1. The molecule has 0 bridgehead atoms. The molecule has 2 rings (SSSR count). The molecule has 2 nitrogen and oxygen atoms in total. The molecule has 0 N–H and O–H groups in total. The molecule has 0 saturated carbocycles. The van der Waals surface area contributed by atoms with Crippen LogP contribution in [0.15, 0.2) is 36.5 Å². The van der Waals surface area contributed by atoms with Gasteiger partial charge >= 0.3 is 0 Å². The highest BCUT2D eigenvalue weighted by Gasteiger charge is 2.09. The third-order valence-corrected chi connectivity index (χ3v) is 2.47. The Labute approximate surface area is 93.1 Å². The van der Waals surface area contributed by atoms with Gasteiger partial charge in [-0.05, 0) is 18.2 Å². The maximum atomic E-state index is 11.1. The van der Waals surface area contributed by atoms with Crippen molar-refractivity contribution in [2.24, 2.45) is 0 Å². The number of benzene rings is 1. The van der Waals surface area contributed by atoms with Gasteiger partial charge in [0.25, 0.3) is 0 Å². The van der Waals surface area contributed by atoms with Gasteiger partial charge in [0.1, 0.15) is 0 Å². The maximum absolute atomic E-state index is 11.1. The highest BCUT2D eigenvalue weighted by molar-refractivity contribution is 6.31. The third-order valence-electron chi connectivity index (χ3n) is 2.23. The van der Waals surface area contributed by atoms with Crippen molar-refractivity contribution >= 4 is 28.3 Å². The molecule has 1 aromatic carbocycles. The zero-order valence-electron chi connectivity index (χ0n) is 8.40. The molecule has 0 aliphatic rings. The molecule has 0 aliphatic heterocycles. The second-order valence-electron chi connectivity index (χ2n) is 3.54. The fourth-order valence-corrected chi connectivity index (χ4v) is 1.81. The van der Waals surface area contributed by atoms with E-state index >= 15 is 0 Å². The van der Waals surface area contributed by atoms with Crippen LogP contribution in [0.4, 0.5) is 0 Å². The maximum Gasteiger partial charge on any atom is 0.212 e. The predicted octanol–water partition coefficient (Wildman–Crippen LogP) is 2.37. The summed E-state index contributed by atoms with van der Waals surface area (Å²) in [6.07, 6.45) is 1.90. The second-order valence-corrected chi connectivity index (χ2v) is 3.98. The molecule has 0 unspecified atom stereocenters. The second kappa shape index (κ2) is 3.99. The molecule has 2 aromatic rings. The van der Waals surface area contributed by atoms with Crippen molar-refractivity contribution < 1.29 is 9.36 Å². The van der Waals surface area contributed by atoms with Gasteiger partial charge in [-0.25, -0.2) is 0 Å². The molecule has 15 heavy (non-hydrogen) atoms. The first-order valence-electron chi connectivity index (χ1n) is 4.74. The Morgan fingerprint density at radius 1 is 1.40 bits per heavy atom. The normalized spacial score (nSPS) is 10.5. The van der Waals surface area contributed by atoms with Crippen LogP contribution in [0.1, 0.15) is 6.92 Å². The summed E-state index contributed by atoms with van der Waals surface area (Å²) in [5.74, 6) is 0.141. The topological polar surface area (TPSA) is 20.9 Å². The minimum absolute atomic E-state index is 0.141. The van der Waals surface area contributed by atoms with Gasteiger partial charge < -0.3 is 0 Å². The van der Waals surface area contributed by atoms with E-state index in [2.05, 4.69) is 0 Å². The van der Waals surface area contributed by atoms with Gasteiger partial charge in [0.15, 0.2) is 12.0 Å². The summed E-state index contributed by atoms with van der Waals surface area (Å²) in [7, 11) is 0. The zero-order chi connectivity index (χ0) is 10.8. The Kier molecular flexibility index (Phi) is 2.69. The van der Waals surface area contributed by atoms with Gasteiger partial charge in [0.05, 0.1) is 0 Å². The average Bonchev–Trinajstić information content (AvgIpc) is 2.16. The summed E-state index contributed by atoms with van der Waals surface area (Å²) < 4.78 is 1.92. The summed E-state index contributed by atoms with van der Waals surface area (Å²) in [6.45, 7) is 1.99. The molecule has 76 valence electrons. The number of nitrogens with zero attached hydrogens (tertiary/aromatic N) is 1. The van der Waals surface area contributed by atoms with Crippen LogP contribution in [-0.2, 0) is 11.3 Å². The van der Waals surface area contributed by atoms with Crippen molar-refractivity contribution in [1.29, 1.82) is 0 Å². The van der Waals surface area contributed by atoms with Crippen LogP contribution in [0.5, 0.6) is 0 Å². The minimum atomic E-state index is 0.141. The van der Waals surface area contributed by atoms with Crippen molar-refractivity contribution in [2.75, 3.05) is 0 Å². The first-order chi connectivity index (χ1) is 7.16. The van der Waals surface area contributed by atoms with Crippen molar-refractivity contribution in [3.05, 3.63) is 41.6 Å². The number of pyridine rings is 1. The molecular weight excluding hydrogens is 210 g/mol. The van der Waals surface area contributed by atoms with Crippen molar-refractivity contribution in [2.45, 2.75) is 13.5 Å². The van der Waals surface area contributed by atoms with Crippen molar-refractivity contribution in [3.8, 4) is 0 Å². The van der Waals surface area contributed by atoms with Crippen LogP contribution in [0, 0.1) is 0 Å². The molecule has 1 aromatic heterocycles. The van der Waals surface area contributed by atoms with Gasteiger partial charge in [-0.2, -0.15) is 4.57 Å². The van der Waals surface area contributed by atoms with E-state index in [1.54, 1.807) is 6.92 Å². The molecule has 0 radical (unpaired) electrons. The average molecular weight is 221 g/mol. The number of rotatable bonds is 2. The molecule has 0 aliphatic carbocycles. The van der Waals surface area contributed by atoms with E-state index in [0.717, 1.165) is 10.9 Å². The van der Waals surface area contributed by atoms with E-state index in [9.17, 15) is 4.79 Å². The number of Topliss-reactive ketones (excluding diaryl/α,β-unsaturated/α-hetero) is 1. The Hall–Kier alpha value is -1.41. The van der Waals surface area contributed by atoms with Crippen LogP contribution in [0.2, 0.25) is 5.02 Å². The number of ketones is 1. The summed E-state index contributed by atoms with van der Waals surface area (Å²) in [6, 6.07) is 9.56. The fraction of sp³-hybridized carbons (Fsp3) is 0.167. The van der Waals surface area contributed by atoms with E-state index in [4.69, 9.17) is 11.6 Å². The van der Waals surface area contributed by atoms with Gasteiger partial charge in [0.2, 0.25) is 12.1 Å². The van der Waals surface area contributed by atoms with E-state index in [1.807, 2.05) is 41.1 Å². The molecule has 1 heterocycles. The molecule has 0 fully saturated rings. The van der Waals surface area contributed by atoms with E-state index in [-0.39, 0.29) is 5.78 Å². The number of aromatic nitrogens is 1. The number of fused-ring (bicyclic) bond motifs is 1. The summed E-state index contributed by atoms with van der Waals surface area (Å²) in [5, 5.41) is 1.76. The molecule has 0 amide bonds. The lowest BCUT2D eigenvalue weighted by atomic mass is 10.2. The zero-order valence-corrected chi connectivity index (χ0v) is 9.16. The van der Waals surface area contributed by atoms with Crippen molar-refractivity contribution in [1.82, 2.24) is 0 Å². The van der Waals surface area contributed by atoms with E-state index < -0.39 is 0 Å². The monoisotopic (exact) mass is 220 g/mol.